The van der Waals surface area contributed by atoms with Crippen molar-refractivity contribution in [1.29, 1.82) is 0 Å². The average Bonchev–Trinajstić information content (AvgIpc) is 2.49. The molecular formula is C8H14N4O2. The summed E-state index contributed by atoms with van der Waals surface area (Å²) in [7, 11) is 0. The molecule has 6 nitrogen and oxygen atoms in total. The lowest BCUT2D eigenvalue weighted by atomic mass is 10.1. The molecule has 1 N–H and O–H groups in total. The third-order valence-electron chi connectivity index (χ3n) is 1.79. The summed E-state index contributed by atoms with van der Waals surface area (Å²) in [4.78, 5) is 12.1. The second-order valence-electron chi connectivity index (χ2n) is 4.17. The van der Waals surface area contributed by atoms with Crippen LogP contribution in [0.4, 0.5) is 0 Å². The maximum Gasteiger partial charge on any atom is 0.314 e. The number of carbonyl (C=O) groups is 1. The van der Waals surface area contributed by atoms with E-state index in [2.05, 4.69) is 15.4 Å². The number of rotatable bonds is 2. The van der Waals surface area contributed by atoms with Gasteiger partial charge in [-0.15, -0.1) is 10.2 Å². The molecule has 78 valence electrons. The molecule has 14 heavy (non-hydrogen) atoms. The molecule has 0 fully saturated rings. The van der Waals surface area contributed by atoms with Gasteiger partial charge >= 0.3 is 5.97 Å². The van der Waals surface area contributed by atoms with Gasteiger partial charge in [0, 0.05) is 0 Å². The fourth-order valence-corrected chi connectivity index (χ4v) is 0.793. The monoisotopic (exact) mass is 198 g/mol. The van der Waals surface area contributed by atoms with E-state index in [9.17, 15) is 4.79 Å². The van der Waals surface area contributed by atoms with Gasteiger partial charge in [-0.05, 0) is 32.9 Å². The van der Waals surface area contributed by atoms with Crippen LogP contribution in [-0.4, -0.2) is 31.3 Å². The van der Waals surface area contributed by atoms with Crippen molar-refractivity contribution in [3.05, 3.63) is 5.82 Å². The van der Waals surface area contributed by atoms with Gasteiger partial charge < -0.3 is 5.11 Å². The van der Waals surface area contributed by atoms with E-state index in [4.69, 9.17) is 5.11 Å². The second kappa shape index (κ2) is 3.36. The van der Waals surface area contributed by atoms with Gasteiger partial charge in [-0.2, -0.15) is 4.80 Å². The van der Waals surface area contributed by atoms with Crippen LogP contribution in [0.2, 0.25) is 0 Å². The Morgan fingerprint density at radius 3 is 2.43 bits per heavy atom. The molecule has 1 unspecified atom stereocenters. The summed E-state index contributed by atoms with van der Waals surface area (Å²) in [6.07, 6.45) is 0. The maximum atomic E-state index is 10.6. The molecule has 1 heterocycles. The quantitative estimate of drug-likeness (QED) is 0.753. The smallest absolute Gasteiger partial charge is 0.314 e. The van der Waals surface area contributed by atoms with Gasteiger partial charge in [0.15, 0.2) is 5.82 Å². The molecule has 0 amide bonds. The fourth-order valence-electron chi connectivity index (χ4n) is 0.793. The van der Waals surface area contributed by atoms with Gasteiger partial charge in [0.1, 0.15) is 5.92 Å². The molecule has 0 aliphatic heterocycles. The highest BCUT2D eigenvalue weighted by Gasteiger charge is 2.22. The summed E-state index contributed by atoms with van der Waals surface area (Å²) >= 11 is 0. The molecule has 0 aromatic carbocycles. The summed E-state index contributed by atoms with van der Waals surface area (Å²) < 4.78 is 0. The number of aromatic nitrogens is 4. The van der Waals surface area contributed by atoms with Gasteiger partial charge in [-0.3, -0.25) is 4.79 Å². The molecule has 6 heteroatoms. The molecule has 0 spiro atoms. The predicted octanol–water partition coefficient (Wildman–Crippen LogP) is 0.616. The molecule has 0 aliphatic rings. The van der Waals surface area contributed by atoms with Crippen molar-refractivity contribution < 1.29 is 9.90 Å². The van der Waals surface area contributed by atoms with E-state index >= 15 is 0 Å². The summed E-state index contributed by atoms with van der Waals surface area (Å²) in [5.74, 6) is -1.42. The Labute approximate surface area is 81.9 Å². The van der Waals surface area contributed by atoms with E-state index < -0.39 is 11.9 Å². The largest absolute Gasteiger partial charge is 0.481 e. The average molecular weight is 198 g/mol. The zero-order chi connectivity index (χ0) is 10.9. The number of nitrogens with zero attached hydrogens (tertiary/aromatic N) is 4. The van der Waals surface area contributed by atoms with Crippen LogP contribution in [0.3, 0.4) is 0 Å². The van der Waals surface area contributed by atoms with Crippen LogP contribution in [0.5, 0.6) is 0 Å². The van der Waals surface area contributed by atoms with E-state index in [1.807, 2.05) is 20.8 Å². The minimum atomic E-state index is -0.946. The van der Waals surface area contributed by atoms with Gasteiger partial charge in [0.25, 0.3) is 0 Å². The van der Waals surface area contributed by atoms with Crippen LogP contribution >= 0.6 is 0 Å². The SMILES string of the molecule is CC(C(=O)O)c1nnn(C(C)(C)C)n1. The van der Waals surface area contributed by atoms with Crippen molar-refractivity contribution in [2.24, 2.45) is 0 Å². The number of carboxylic acids is 1. The Bertz CT molecular complexity index is 339. The lowest BCUT2D eigenvalue weighted by Crippen LogP contribution is -2.25. The van der Waals surface area contributed by atoms with Crippen LogP contribution < -0.4 is 0 Å². The molecule has 0 bridgehead atoms. The highest BCUT2D eigenvalue weighted by molar-refractivity contribution is 5.74. The topological polar surface area (TPSA) is 80.9 Å². The van der Waals surface area contributed by atoms with Gasteiger partial charge in [-0.25, -0.2) is 0 Å². The van der Waals surface area contributed by atoms with Crippen LogP contribution in [-0.2, 0) is 10.3 Å². The lowest BCUT2D eigenvalue weighted by molar-refractivity contribution is -0.138. The first-order valence-corrected chi connectivity index (χ1v) is 4.35. The second-order valence-corrected chi connectivity index (χ2v) is 4.17. The zero-order valence-corrected chi connectivity index (χ0v) is 8.72. The van der Waals surface area contributed by atoms with E-state index in [-0.39, 0.29) is 11.4 Å². The van der Waals surface area contributed by atoms with Crippen molar-refractivity contribution in [1.82, 2.24) is 20.2 Å². The zero-order valence-electron chi connectivity index (χ0n) is 8.72. The highest BCUT2D eigenvalue weighted by Crippen LogP contribution is 2.13. The van der Waals surface area contributed by atoms with E-state index in [0.717, 1.165) is 0 Å². The van der Waals surface area contributed by atoms with Gasteiger partial charge in [-0.1, -0.05) is 0 Å². The normalized spacial score (nSPS) is 14.0. The number of carboxylic acid groups (broad SMARTS) is 1. The van der Waals surface area contributed by atoms with E-state index in [1.165, 1.54) is 11.7 Å². The fraction of sp³-hybridized carbons (Fsp3) is 0.750. The lowest BCUT2D eigenvalue weighted by Gasteiger charge is -2.15. The Hall–Kier alpha value is -1.46. The molecule has 0 aliphatic carbocycles. The van der Waals surface area contributed by atoms with Crippen molar-refractivity contribution in [3.8, 4) is 0 Å². The predicted molar refractivity (Wildman–Crippen MR) is 48.9 cm³/mol. The van der Waals surface area contributed by atoms with Crippen LogP contribution in [0.1, 0.15) is 39.4 Å². The van der Waals surface area contributed by atoms with Gasteiger partial charge in [0.05, 0.1) is 5.54 Å². The molecule has 0 saturated heterocycles. The number of tetrazole rings is 1. The first kappa shape index (κ1) is 10.6. The molecule has 1 aromatic heterocycles. The molecule has 0 saturated carbocycles. The number of hydrogen-bond acceptors (Lipinski definition) is 4. The van der Waals surface area contributed by atoms with Crippen LogP contribution in [0.15, 0.2) is 0 Å². The third-order valence-corrected chi connectivity index (χ3v) is 1.79. The first-order valence-electron chi connectivity index (χ1n) is 4.35. The number of hydrogen-bond donors (Lipinski definition) is 1. The van der Waals surface area contributed by atoms with E-state index in [0.29, 0.717) is 0 Å². The Balaban J connectivity index is 2.94. The Kier molecular flexibility index (Phi) is 2.55. The first-order chi connectivity index (χ1) is 6.32. The van der Waals surface area contributed by atoms with Crippen molar-refractivity contribution in [2.45, 2.75) is 39.2 Å². The van der Waals surface area contributed by atoms with Crippen molar-refractivity contribution >= 4 is 5.97 Å². The summed E-state index contributed by atoms with van der Waals surface area (Å²) in [6.45, 7) is 7.30. The maximum absolute atomic E-state index is 10.6. The minimum Gasteiger partial charge on any atom is -0.481 e. The summed E-state index contributed by atoms with van der Waals surface area (Å²) in [6, 6.07) is 0. The Morgan fingerprint density at radius 1 is 1.50 bits per heavy atom. The minimum absolute atomic E-state index is 0.243. The van der Waals surface area contributed by atoms with Crippen LogP contribution in [0, 0.1) is 0 Å². The standard InChI is InChI=1S/C8H14N4O2/c1-5(7(13)14)6-9-11-12(10-6)8(2,3)4/h5H,1-4H3,(H,13,14). The molecular weight excluding hydrogens is 184 g/mol. The highest BCUT2D eigenvalue weighted by atomic mass is 16.4. The van der Waals surface area contributed by atoms with Crippen LogP contribution in [0.25, 0.3) is 0 Å². The molecule has 1 aromatic rings. The summed E-state index contributed by atoms with van der Waals surface area (Å²) in [5, 5.41) is 20.3. The Morgan fingerprint density at radius 2 is 2.07 bits per heavy atom. The summed E-state index contributed by atoms with van der Waals surface area (Å²) in [5.41, 5.74) is -0.274. The number of aliphatic carboxylic acids is 1. The molecule has 1 rings (SSSR count). The van der Waals surface area contributed by atoms with Gasteiger partial charge in [0.2, 0.25) is 0 Å². The third kappa shape index (κ3) is 2.07. The van der Waals surface area contributed by atoms with E-state index in [1.54, 1.807) is 0 Å². The van der Waals surface area contributed by atoms with Crippen molar-refractivity contribution in [3.63, 3.8) is 0 Å². The molecule has 1 atom stereocenters. The molecule has 0 radical (unpaired) electrons. The van der Waals surface area contributed by atoms with Crippen molar-refractivity contribution in [2.75, 3.05) is 0 Å².